The van der Waals surface area contributed by atoms with Crippen LogP contribution in [-0.4, -0.2) is 33.8 Å². The monoisotopic (exact) mass is 382 g/mol. The molecule has 0 saturated heterocycles. The summed E-state index contributed by atoms with van der Waals surface area (Å²) in [4.78, 5) is 29.0. The highest BCUT2D eigenvalue weighted by molar-refractivity contribution is 5.99. The number of pyridine rings is 2. The van der Waals surface area contributed by atoms with Gasteiger partial charge in [-0.1, -0.05) is 12.1 Å². The second-order valence-electron chi connectivity index (χ2n) is 6.55. The minimum Gasteiger partial charge on any atom is -0.497 e. The summed E-state index contributed by atoms with van der Waals surface area (Å²) in [5.74, 6) is -0.538. The molecule has 0 bridgehead atoms. The Labute approximate surface area is 162 Å². The van der Waals surface area contributed by atoms with E-state index in [0.29, 0.717) is 17.6 Å². The number of carboxylic acids is 1. The minimum absolute atomic E-state index is 0.0510. The summed E-state index contributed by atoms with van der Waals surface area (Å²) < 4.78 is 12.3. The largest absolute Gasteiger partial charge is 0.497 e. The van der Waals surface area contributed by atoms with Crippen molar-refractivity contribution < 1.29 is 19.4 Å². The maximum absolute atomic E-state index is 12.7. The first-order valence-electron chi connectivity index (χ1n) is 8.98. The van der Waals surface area contributed by atoms with Crippen molar-refractivity contribution in [2.24, 2.45) is 0 Å². The molecule has 7 nitrogen and oxygen atoms in total. The summed E-state index contributed by atoms with van der Waals surface area (Å²) in [6.07, 6.45) is 1.36. The SMILES string of the molecule is CCn1c(=O)c(C(=O)O)c(OC(C)C)c2cc(-c3ccc(OC)cc3)cnc21. The van der Waals surface area contributed by atoms with Crippen LogP contribution >= 0.6 is 0 Å². The number of ether oxygens (including phenoxy) is 2. The van der Waals surface area contributed by atoms with Gasteiger partial charge in [-0.05, 0) is 44.5 Å². The van der Waals surface area contributed by atoms with E-state index >= 15 is 0 Å². The third-order valence-electron chi connectivity index (χ3n) is 4.36. The molecule has 3 aromatic rings. The summed E-state index contributed by atoms with van der Waals surface area (Å²) in [5, 5.41) is 10.1. The molecule has 0 unspecified atom stereocenters. The van der Waals surface area contributed by atoms with Crippen LogP contribution in [0, 0.1) is 0 Å². The zero-order valence-corrected chi connectivity index (χ0v) is 16.2. The predicted molar refractivity (Wildman–Crippen MR) is 106 cm³/mol. The van der Waals surface area contributed by atoms with Crippen LogP contribution in [0.4, 0.5) is 0 Å². The number of hydrogen-bond donors (Lipinski definition) is 1. The normalized spacial score (nSPS) is 11.0. The number of hydrogen-bond acceptors (Lipinski definition) is 5. The average Bonchev–Trinajstić information content (AvgIpc) is 2.67. The molecule has 28 heavy (non-hydrogen) atoms. The average molecular weight is 382 g/mol. The number of aromatic nitrogens is 2. The summed E-state index contributed by atoms with van der Waals surface area (Å²) in [5.41, 5.74) is 1.06. The molecule has 2 aromatic heterocycles. The zero-order chi connectivity index (χ0) is 20.4. The maximum Gasteiger partial charge on any atom is 0.345 e. The van der Waals surface area contributed by atoms with Crippen molar-refractivity contribution in [2.75, 3.05) is 7.11 Å². The highest BCUT2D eigenvalue weighted by Crippen LogP contribution is 2.32. The molecule has 1 N–H and O–H groups in total. The number of rotatable bonds is 6. The lowest BCUT2D eigenvalue weighted by molar-refractivity contribution is 0.0688. The van der Waals surface area contributed by atoms with Crippen molar-refractivity contribution in [3.63, 3.8) is 0 Å². The Morgan fingerprint density at radius 3 is 2.43 bits per heavy atom. The van der Waals surface area contributed by atoms with Crippen LogP contribution < -0.4 is 15.0 Å². The van der Waals surface area contributed by atoms with Crippen molar-refractivity contribution in [3.8, 4) is 22.6 Å². The Balaban J connectivity index is 2.34. The number of fused-ring (bicyclic) bond motifs is 1. The van der Waals surface area contributed by atoms with Crippen LogP contribution in [0.15, 0.2) is 41.3 Å². The van der Waals surface area contributed by atoms with Gasteiger partial charge in [0.15, 0.2) is 11.3 Å². The van der Waals surface area contributed by atoms with Crippen LogP contribution in [-0.2, 0) is 6.54 Å². The minimum atomic E-state index is -1.32. The number of carboxylic acid groups (broad SMARTS) is 1. The van der Waals surface area contributed by atoms with Gasteiger partial charge in [0.05, 0.1) is 18.6 Å². The molecule has 7 heteroatoms. The van der Waals surface area contributed by atoms with E-state index in [0.717, 1.165) is 16.9 Å². The molecule has 0 aliphatic rings. The summed E-state index contributed by atoms with van der Waals surface area (Å²) in [6, 6.07) is 9.25. The molecular formula is C21H22N2O5. The Morgan fingerprint density at radius 2 is 1.89 bits per heavy atom. The quantitative estimate of drug-likeness (QED) is 0.701. The van der Waals surface area contributed by atoms with E-state index in [-0.39, 0.29) is 17.4 Å². The molecule has 0 aliphatic heterocycles. The molecule has 3 rings (SSSR count). The number of aromatic carboxylic acids is 1. The molecule has 0 spiro atoms. The fourth-order valence-corrected chi connectivity index (χ4v) is 3.08. The summed E-state index contributed by atoms with van der Waals surface area (Å²) in [6.45, 7) is 5.63. The van der Waals surface area contributed by atoms with E-state index in [2.05, 4.69) is 4.98 Å². The lowest BCUT2D eigenvalue weighted by Crippen LogP contribution is -2.28. The fourth-order valence-electron chi connectivity index (χ4n) is 3.08. The van der Waals surface area contributed by atoms with Crippen LogP contribution in [0.5, 0.6) is 11.5 Å². The van der Waals surface area contributed by atoms with Gasteiger partial charge in [-0.2, -0.15) is 0 Å². The third-order valence-corrected chi connectivity index (χ3v) is 4.36. The summed E-state index contributed by atoms with van der Waals surface area (Å²) in [7, 11) is 1.60. The topological polar surface area (TPSA) is 90.7 Å². The van der Waals surface area contributed by atoms with E-state index in [1.165, 1.54) is 4.57 Å². The highest BCUT2D eigenvalue weighted by atomic mass is 16.5. The zero-order valence-electron chi connectivity index (χ0n) is 16.2. The number of nitrogens with zero attached hydrogens (tertiary/aromatic N) is 2. The lowest BCUT2D eigenvalue weighted by Gasteiger charge is -2.18. The highest BCUT2D eigenvalue weighted by Gasteiger charge is 2.24. The van der Waals surface area contributed by atoms with Crippen molar-refractivity contribution >= 4 is 17.0 Å². The van der Waals surface area contributed by atoms with Crippen LogP contribution in [0.1, 0.15) is 31.1 Å². The molecule has 0 fully saturated rings. The van der Waals surface area contributed by atoms with Crippen molar-refractivity contribution in [2.45, 2.75) is 33.4 Å². The van der Waals surface area contributed by atoms with E-state index in [1.54, 1.807) is 40.1 Å². The van der Waals surface area contributed by atoms with Gasteiger partial charge in [-0.3, -0.25) is 9.36 Å². The van der Waals surface area contributed by atoms with Crippen LogP contribution in [0.25, 0.3) is 22.2 Å². The van der Waals surface area contributed by atoms with Gasteiger partial charge >= 0.3 is 5.97 Å². The molecule has 0 radical (unpaired) electrons. The first kappa shape index (κ1) is 19.4. The fraction of sp³-hybridized carbons (Fsp3) is 0.286. The predicted octanol–water partition coefficient (Wildman–Crippen LogP) is 3.58. The maximum atomic E-state index is 12.7. The number of benzene rings is 1. The van der Waals surface area contributed by atoms with Crippen molar-refractivity contribution in [3.05, 3.63) is 52.4 Å². The smallest absolute Gasteiger partial charge is 0.345 e. The number of carbonyl (C=O) groups is 1. The second kappa shape index (κ2) is 7.72. The van der Waals surface area contributed by atoms with E-state index in [1.807, 2.05) is 24.3 Å². The Bertz CT molecular complexity index is 1080. The molecule has 146 valence electrons. The standard InChI is InChI=1S/C21H22N2O5/c1-5-23-19-16(18(28-12(2)3)17(20(23)24)21(25)26)10-14(11-22-19)13-6-8-15(27-4)9-7-13/h6-12H,5H2,1-4H3,(H,25,26). The third kappa shape index (κ3) is 3.43. The molecule has 1 aromatic carbocycles. The molecule has 2 heterocycles. The molecular weight excluding hydrogens is 360 g/mol. The first-order chi connectivity index (χ1) is 13.4. The van der Waals surface area contributed by atoms with Crippen molar-refractivity contribution in [1.82, 2.24) is 9.55 Å². The molecule has 0 atom stereocenters. The number of aryl methyl sites for hydroxylation is 1. The second-order valence-corrected chi connectivity index (χ2v) is 6.55. The Hall–Kier alpha value is -3.35. The van der Waals surface area contributed by atoms with Gasteiger partial charge in [0.1, 0.15) is 11.4 Å². The summed E-state index contributed by atoms with van der Waals surface area (Å²) >= 11 is 0. The molecule has 0 aliphatic carbocycles. The Morgan fingerprint density at radius 1 is 1.21 bits per heavy atom. The number of methoxy groups -OCH3 is 1. The Kier molecular flexibility index (Phi) is 5.35. The van der Waals surface area contributed by atoms with Crippen LogP contribution in [0.3, 0.4) is 0 Å². The van der Waals surface area contributed by atoms with Gasteiger partial charge in [0, 0.05) is 18.3 Å². The lowest BCUT2D eigenvalue weighted by atomic mass is 10.0. The molecule has 0 saturated carbocycles. The van der Waals surface area contributed by atoms with Crippen LogP contribution in [0.2, 0.25) is 0 Å². The molecule has 0 amide bonds. The van der Waals surface area contributed by atoms with Gasteiger partial charge in [0.25, 0.3) is 5.56 Å². The van der Waals surface area contributed by atoms with Gasteiger partial charge in [-0.25, -0.2) is 9.78 Å². The van der Waals surface area contributed by atoms with E-state index in [4.69, 9.17) is 9.47 Å². The first-order valence-corrected chi connectivity index (χ1v) is 8.98. The van der Waals surface area contributed by atoms with E-state index in [9.17, 15) is 14.7 Å². The van der Waals surface area contributed by atoms with Gasteiger partial charge < -0.3 is 14.6 Å². The van der Waals surface area contributed by atoms with E-state index < -0.39 is 11.5 Å². The van der Waals surface area contributed by atoms with Gasteiger partial charge in [-0.15, -0.1) is 0 Å². The van der Waals surface area contributed by atoms with Gasteiger partial charge in [0.2, 0.25) is 0 Å². The van der Waals surface area contributed by atoms with Crippen molar-refractivity contribution in [1.29, 1.82) is 0 Å².